The highest BCUT2D eigenvalue weighted by atomic mass is 35.5. The van der Waals surface area contributed by atoms with E-state index in [-0.39, 0.29) is 28.9 Å². The third kappa shape index (κ3) is 4.94. The molecule has 32 heavy (non-hydrogen) atoms. The van der Waals surface area contributed by atoms with E-state index in [2.05, 4.69) is 29.4 Å². The largest absolute Gasteiger partial charge is 0.332 e. The van der Waals surface area contributed by atoms with Crippen molar-refractivity contribution in [3.63, 3.8) is 0 Å². The molecule has 10 heteroatoms. The molecule has 1 aliphatic rings. The Kier molecular flexibility index (Phi) is 7.20. The minimum absolute atomic E-state index is 0.0308. The van der Waals surface area contributed by atoms with Crippen molar-refractivity contribution in [2.24, 2.45) is 20.0 Å². The summed E-state index contributed by atoms with van der Waals surface area (Å²) in [6.45, 7) is 5.83. The molecule has 1 saturated heterocycles. The molecule has 9 nitrogen and oxygen atoms in total. The van der Waals surface area contributed by atoms with Crippen LogP contribution in [0.25, 0.3) is 0 Å². The third-order valence-corrected chi connectivity index (χ3v) is 6.13. The first-order valence-corrected chi connectivity index (χ1v) is 10.9. The van der Waals surface area contributed by atoms with E-state index in [1.807, 2.05) is 0 Å². The molecule has 0 spiro atoms. The number of anilines is 2. The average Bonchev–Trinajstić information content (AvgIpc) is 2.78. The number of nitrogens with zero attached hydrogens (tertiary/aromatic N) is 3. The number of piperidine rings is 1. The Balaban J connectivity index is 1.89. The van der Waals surface area contributed by atoms with Crippen LogP contribution in [0.4, 0.5) is 11.5 Å². The zero-order chi connectivity index (χ0) is 23.6. The highest BCUT2D eigenvalue weighted by molar-refractivity contribution is 6.30. The number of rotatable bonds is 5. The van der Waals surface area contributed by atoms with Gasteiger partial charge in [0.25, 0.3) is 11.5 Å². The van der Waals surface area contributed by atoms with Gasteiger partial charge in [0.15, 0.2) is 0 Å². The lowest BCUT2D eigenvalue weighted by Crippen LogP contribution is -2.43. The Morgan fingerprint density at radius 1 is 1.00 bits per heavy atom. The zero-order valence-corrected chi connectivity index (χ0v) is 19.4. The van der Waals surface area contributed by atoms with E-state index >= 15 is 0 Å². The smallest absolute Gasteiger partial charge is 0.314 e. The summed E-state index contributed by atoms with van der Waals surface area (Å²) in [5, 5.41) is 5.75. The molecule has 2 heterocycles. The van der Waals surface area contributed by atoms with Gasteiger partial charge < -0.3 is 15.5 Å². The molecular formula is C22H28ClN5O4. The van der Waals surface area contributed by atoms with Gasteiger partial charge in [0.2, 0.25) is 5.91 Å². The van der Waals surface area contributed by atoms with Crippen LogP contribution in [0.2, 0.25) is 5.02 Å². The lowest BCUT2D eigenvalue weighted by Gasteiger charge is -2.34. The van der Waals surface area contributed by atoms with E-state index in [1.165, 1.54) is 26.2 Å². The molecule has 1 aromatic carbocycles. The molecule has 0 radical (unpaired) electrons. The second kappa shape index (κ2) is 9.70. The molecule has 2 amide bonds. The van der Waals surface area contributed by atoms with Crippen LogP contribution in [0.1, 0.15) is 37.0 Å². The van der Waals surface area contributed by atoms with E-state index in [0.29, 0.717) is 23.9 Å². The van der Waals surface area contributed by atoms with Gasteiger partial charge in [-0.15, -0.1) is 0 Å². The van der Waals surface area contributed by atoms with Gasteiger partial charge in [-0.05, 0) is 64.0 Å². The standard InChI is InChI=1S/C22H28ClN5O4/c1-13(2)28-11-9-15(10-12-28)20(30)25-18-17(21(31)27(4)22(32)26(18)3)24-19(29)14-5-7-16(23)8-6-14/h5-8,13,15H,9-12H2,1-4H3,(H,24,29)(H,25,30). The summed E-state index contributed by atoms with van der Waals surface area (Å²) in [6, 6.07) is 6.56. The van der Waals surface area contributed by atoms with E-state index in [4.69, 9.17) is 11.6 Å². The van der Waals surface area contributed by atoms with Crippen LogP contribution in [-0.4, -0.2) is 45.0 Å². The van der Waals surface area contributed by atoms with Crippen molar-refractivity contribution in [2.45, 2.75) is 32.7 Å². The fraction of sp³-hybridized carbons (Fsp3) is 0.455. The maximum absolute atomic E-state index is 13.0. The van der Waals surface area contributed by atoms with Crippen LogP contribution >= 0.6 is 11.6 Å². The van der Waals surface area contributed by atoms with Gasteiger partial charge in [0.05, 0.1) is 0 Å². The SMILES string of the molecule is CC(C)N1CCC(C(=O)Nc2c(NC(=O)c3ccc(Cl)cc3)c(=O)n(C)c(=O)n2C)CC1. The number of amides is 2. The number of carbonyl (C=O) groups excluding carboxylic acids is 2. The molecule has 0 saturated carbocycles. The molecule has 1 aromatic heterocycles. The zero-order valence-electron chi connectivity index (χ0n) is 18.6. The minimum atomic E-state index is -0.708. The van der Waals surface area contributed by atoms with E-state index < -0.39 is 17.2 Å². The Labute approximate surface area is 191 Å². The van der Waals surface area contributed by atoms with E-state index in [0.717, 1.165) is 22.2 Å². The topological polar surface area (TPSA) is 105 Å². The molecule has 172 valence electrons. The maximum Gasteiger partial charge on any atom is 0.332 e. The Hall–Kier alpha value is -2.91. The molecule has 3 rings (SSSR count). The van der Waals surface area contributed by atoms with Crippen LogP contribution in [0.3, 0.4) is 0 Å². The van der Waals surface area contributed by atoms with Crippen LogP contribution in [0.5, 0.6) is 0 Å². The summed E-state index contributed by atoms with van der Waals surface area (Å²) < 4.78 is 2.04. The summed E-state index contributed by atoms with van der Waals surface area (Å²) >= 11 is 5.87. The predicted octanol–water partition coefficient (Wildman–Crippen LogP) is 2.05. The Bertz CT molecular complexity index is 1130. The number of hydrogen-bond acceptors (Lipinski definition) is 5. The second-order valence-corrected chi connectivity index (χ2v) is 8.72. The number of halogens is 1. The van der Waals surface area contributed by atoms with Crippen molar-refractivity contribution in [3.8, 4) is 0 Å². The number of hydrogen-bond donors (Lipinski definition) is 2. The molecule has 1 fully saturated rings. The van der Waals surface area contributed by atoms with Crippen molar-refractivity contribution >= 4 is 34.9 Å². The summed E-state index contributed by atoms with van der Waals surface area (Å²) in [7, 11) is 2.76. The monoisotopic (exact) mass is 461 g/mol. The molecular weight excluding hydrogens is 434 g/mol. The number of nitrogens with one attached hydrogen (secondary N) is 2. The molecule has 1 aliphatic heterocycles. The van der Waals surface area contributed by atoms with Crippen molar-refractivity contribution in [2.75, 3.05) is 23.7 Å². The highest BCUT2D eigenvalue weighted by Crippen LogP contribution is 2.23. The molecule has 0 atom stereocenters. The quantitative estimate of drug-likeness (QED) is 0.709. The summed E-state index contributed by atoms with van der Waals surface area (Å²) in [5.41, 5.74) is -1.20. The van der Waals surface area contributed by atoms with Crippen molar-refractivity contribution < 1.29 is 9.59 Å². The van der Waals surface area contributed by atoms with Crippen molar-refractivity contribution in [1.82, 2.24) is 14.0 Å². The van der Waals surface area contributed by atoms with E-state index in [9.17, 15) is 19.2 Å². The van der Waals surface area contributed by atoms with Crippen molar-refractivity contribution in [3.05, 3.63) is 55.7 Å². The van der Waals surface area contributed by atoms with Crippen molar-refractivity contribution in [1.29, 1.82) is 0 Å². The van der Waals surface area contributed by atoms with Gasteiger partial charge in [-0.3, -0.25) is 23.5 Å². The molecule has 0 aliphatic carbocycles. The van der Waals surface area contributed by atoms with Gasteiger partial charge in [-0.1, -0.05) is 11.6 Å². The number of likely N-dealkylation sites (tertiary alicyclic amines) is 1. The van der Waals surface area contributed by atoms with Gasteiger partial charge in [0, 0.05) is 36.6 Å². The lowest BCUT2D eigenvalue weighted by atomic mass is 9.95. The molecule has 2 aromatic rings. The van der Waals surface area contributed by atoms with E-state index in [1.54, 1.807) is 12.1 Å². The lowest BCUT2D eigenvalue weighted by molar-refractivity contribution is -0.121. The first kappa shape index (κ1) is 23.7. The third-order valence-electron chi connectivity index (χ3n) is 5.88. The summed E-state index contributed by atoms with van der Waals surface area (Å²) in [5.74, 6) is -1.11. The Morgan fingerprint density at radius 3 is 2.16 bits per heavy atom. The minimum Gasteiger partial charge on any atom is -0.314 e. The normalized spacial score (nSPS) is 15.1. The number of benzene rings is 1. The van der Waals surface area contributed by atoms with Crippen LogP contribution in [0, 0.1) is 5.92 Å². The highest BCUT2D eigenvalue weighted by Gasteiger charge is 2.28. The van der Waals surface area contributed by atoms with Gasteiger partial charge >= 0.3 is 5.69 Å². The fourth-order valence-electron chi connectivity index (χ4n) is 3.79. The average molecular weight is 462 g/mol. The summed E-state index contributed by atoms with van der Waals surface area (Å²) in [6.07, 6.45) is 1.35. The van der Waals surface area contributed by atoms with Gasteiger partial charge in [0.1, 0.15) is 11.5 Å². The fourth-order valence-corrected chi connectivity index (χ4v) is 3.91. The first-order chi connectivity index (χ1) is 15.1. The maximum atomic E-state index is 13.0. The number of aromatic nitrogens is 2. The second-order valence-electron chi connectivity index (χ2n) is 8.28. The predicted molar refractivity (Wildman–Crippen MR) is 124 cm³/mol. The van der Waals surface area contributed by atoms with Gasteiger partial charge in [-0.2, -0.15) is 0 Å². The molecule has 0 bridgehead atoms. The van der Waals surface area contributed by atoms with Crippen LogP contribution in [-0.2, 0) is 18.9 Å². The van der Waals surface area contributed by atoms with Crippen LogP contribution < -0.4 is 21.9 Å². The molecule has 2 N–H and O–H groups in total. The van der Waals surface area contributed by atoms with Crippen LogP contribution in [0.15, 0.2) is 33.9 Å². The first-order valence-electron chi connectivity index (χ1n) is 10.5. The Morgan fingerprint density at radius 2 is 1.59 bits per heavy atom. The summed E-state index contributed by atoms with van der Waals surface area (Å²) in [4.78, 5) is 53.3. The van der Waals surface area contributed by atoms with Gasteiger partial charge in [-0.25, -0.2) is 4.79 Å². The number of carbonyl (C=O) groups is 2. The molecule has 0 unspecified atom stereocenters.